The fourth-order valence-corrected chi connectivity index (χ4v) is 1.53. The van der Waals surface area contributed by atoms with Gasteiger partial charge in [0.15, 0.2) is 0 Å². The predicted octanol–water partition coefficient (Wildman–Crippen LogP) is 1.73. The summed E-state index contributed by atoms with van der Waals surface area (Å²) in [6.07, 6.45) is 3.40. The van der Waals surface area contributed by atoms with E-state index in [9.17, 15) is 0 Å². The molecule has 0 fully saturated rings. The Balaban J connectivity index is 2.42. The lowest BCUT2D eigenvalue weighted by Gasteiger charge is -2.02. The van der Waals surface area contributed by atoms with Crippen molar-refractivity contribution in [3.05, 3.63) is 23.7 Å². The van der Waals surface area contributed by atoms with Crippen molar-refractivity contribution in [3.8, 4) is 0 Å². The van der Waals surface area contributed by atoms with Gasteiger partial charge in [0.2, 0.25) is 0 Å². The van der Waals surface area contributed by atoms with Crippen molar-refractivity contribution in [1.29, 1.82) is 0 Å². The Labute approximate surface area is 86.5 Å². The number of ether oxygens (including phenoxy) is 1. The minimum atomic E-state index is 0.492. The number of halogens is 1. The van der Waals surface area contributed by atoms with Gasteiger partial charge in [-0.2, -0.15) is 0 Å². The normalized spacial score (nSPS) is 11.0. The summed E-state index contributed by atoms with van der Waals surface area (Å²) >= 11 is 5.91. The van der Waals surface area contributed by atoms with Crippen molar-refractivity contribution in [2.75, 3.05) is 13.7 Å². The van der Waals surface area contributed by atoms with Gasteiger partial charge < -0.3 is 9.30 Å². The van der Waals surface area contributed by atoms with Gasteiger partial charge in [0.05, 0.1) is 12.0 Å². The van der Waals surface area contributed by atoms with Gasteiger partial charge in [0, 0.05) is 19.9 Å². The van der Waals surface area contributed by atoms with Gasteiger partial charge in [-0.25, -0.2) is 9.97 Å². The van der Waals surface area contributed by atoms with Crippen LogP contribution in [0.5, 0.6) is 0 Å². The van der Waals surface area contributed by atoms with Crippen molar-refractivity contribution < 1.29 is 4.74 Å². The summed E-state index contributed by atoms with van der Waals surface area (Å²) < 4.78 is 6.99. The first-order chi connectivity index (χ1) is 6.83. The lowest BCUT2D eigenvalue weighted by molar-refractivity contribution is 0.188. The molecule has 0 aromatic carbocycles. The number of rotatable bonds is 3. The Morgan fingerprint density at radius 2 is 2.36 bits per heavy atom. The predicted molar refractivity (Wildman–Crippen MR) is 54.4 cm³/mol. The summed E-state index contributed by atoms with van der Waals surface area (Å²) in [5.74, 6) is 0. The number of nitrogens with zero attached hydrogens (tertiary/aromatic N) is 3. The Morgan fingerprint density at radius 3 is 3.14 bits per heavy atom. The molecular formula is C9H10ClN3O. The standard InChI is InChI=1S/C9H10ClN3O/c1-14-5-4-13-3-2-7-8(10)11-6-12-9(7)13/h2-3,6H,4-5H2,1H3. The molecule has 0 aliphatic heterocycles. The Kier molecular flexibility index (Phi) is 2.65. The van der Waals surface area contributed by atoms with Crippen molar-refractivity contribution in [3.63, 3.8) is 0 Å². The first kappa shape index (κ1) is 9.43. The van der Waals surface area contributed by atoms with Crippen molar-refractivity contribution in [2.45, 2.75) is 6.54 Å². The van der Waals surface area contributed by atoms with E-state index in [1.807, 2.05) is 16.8 Å². The lowest BCUT2D eigenvalue weighted by atomic mass is 10.4. The summed E-state index contributed by atoms with van der Waals surface area (Å²) in [4.78, 5) is 8.08. The van der Waals surface area contributed by atoms with Crippen molar-refractivity contribution in [1.82, 2.24) is 14.5 Å². The van der Waals surface area contributed by atoms with Gasteiger partial charge in [-0.3, -0.25) is 0 Å². The van der Waals surface area contributed by atoms with E-state index < -0.39 is 0 Å². The van der Waals surface area contributed by atoms with Crippen LogP contribution in [0.25, 0.3) is 11.0 Å². The summed E-state index contributed by atoms with van der Waals surface area (Å²) in [5, 5.41) is 1.37. The number of aromatic nitrogens is 3. The molecule has 2 aromatic rings. The lowest BCUT2D eigenvalue weighted by Crippen LogP contribution is -2.03. The Hall–Kier alpha value is -1.13. The number of hydrogen-bond donors (Lipinski definition) is 0. The maximum Gasteiger partial charge on any atom is 0.144 e. The topological polar surface area (TPSA) is 39.9 Å². The third-order valence-corrected chi connectivity index (χ3v) is 2.34. The molecule has 74 valence electrons. The average Bonchev–Trinajstić information content (AvgIpc) is 2.60. The van der Waals surface area contributed by atoms with E-state index in [-0.39, 0.29) is 0 Å². The molecule has 0 spiro atoms. The van der Waals surface area contributed by atoms with Crippen LogP contribution in [0, 0.1) is 0 Å². The molecule has 0 aliphatic carbocycles. The first-order valence-corrected chi connectivity index (χ1v) is 4.65. The van der Waals surface area contributed by atoms with Gasteiger partial charge >= 0.3 is 0 Å². The molecule has 0 aliphatic rings. The molecule has 0 N–H and O–H groups in total. The Bertz CT molecular complexity index is 441. The fraction of sp³-hybridized carbons (Fsp3) is 0.333. The highest BCUT2D eigenvalue weighted by molar-refractivity contribution is 6.33. The molecule has 0 unspecified atom stereocenters. The van der Waals surface area contributed by atoms with E-state index in [0.717, 1.165) is 17.6 Å². The van der Waals surface area contributed by atoms with Gasteiger partial charge in [-0.15, -0.1) is 0 Å². The molecule has 5 heteroatoms. The highest BCUT2D eigenvalue weighted by atomic mass is 35.5. The maximum atomic E-state index is 5.91. The van der Waals surface area contributed by atoms with Crippen molar-refractivity contribution in [2.24, 2.45) is 0 Å². The van der Waals surface area contributed by atoms with Crippen LogP contribution in [0.4, 0.5) is 0 Å². The van der Waals surface area contributed by atoms with Crippen LogP contribution >= 0.6 is 11.6 Å². The van der Waals surface area contributed by atoms with Gasteiger partial charge in [-0.05, 0) is 6.07 Å². The monoisotopic (exact) mass is 211 g/mol. The minimum absolute atomic E-state index is 0.492. The second-order valence-electron chi connectivity index (χ2n) is 2.90. The highest BCUT2D eigenvalue weighted by Gasteiger charge is 2.05. The molecule has 0 saturated heterocycles. The average molecular weight is 212 g/mol. The van der Waals surface area contributed by atoms with Crippen LogP contribution < -0.4 is 0 Å². The zero-order chi connectivity index (χ0) is 9.97. The second-order valence-corrected chi connectivity index (χ2v) is 3.26. The number of hydrogen-bond acceptors (Lipinski definition) is 3. The largest absolute Gasteiger partial charge is 0.383 e. The third kappa shape index (κ3) is 1.58. The molecule has 2 aromatic heterocycles. The molecule has 0 radical (unpaired) electrons. The second kappa shape index (κ2) is 3.94. The molecule has 4 nitrogen and oxygen atoms in total. The summed E-state index contributed by atoms with van der Waals surface area (Å²) in [6, 6.07) is 1.91. The van der Waals surface area contributed by atoms with Gasteiger partial charge in [0.25, 0.3) is 0 Å². The smallest absolute Gasteiger partial charge is 0.144 e. The van der Waals surface area contributed by atoms with E-state index in [1.54, 1.807) is 7.11 Å². The van der Waals surface area contributed by atoms with Gasteiger partial charge in [-0.1, -0.05) is 11.6 Å². The summed E-state index contributed by atoms with van der Waals surface area (Å²) in [7, 11) is 1.67. The zero-order valence-corrected chi connectivity index (χ0v) is 8.53. The minimum Gasteiger partial charge on any atom is -0.383 e. The molecule has 0 bridgehead atoms. The number of methoxy groups -OCH3 is 1. The molecule has 0 atom stereocenters. The first-order valence-electron chi connectivity index (χ1n) is 4.27. The van der Waals surface area contributed by atoms with Crippen molar-refractivity contribution >= 4 is 22.6 Å². The molecule has 2 rings (SSSR count). The van der Waals surface area contributed by atoms with Crippen LogP contribution in [0.3, 0.4) is 0 Å². The Morgan fingerprint density at radius 1 is 1.50 bits per heavy atom. The van der Waals surface area contributed by atoms with Crippen LogP contribution in [0.1, 0.15) is 0 Å². The summed E-state index contributed by atoms with van der Waals surface area (Å²) in [6.45, 7) is 1.43. The molecule has 0 saturated carbocycles. The quantitative estimate of drug-likeness (QED) is 0.726. The van der Waals surface area contributed by atoms with Gasteiger partial charge in [0.1, 0.15) is 17.1 Å². The molecule has 14 heavy (non-hydrogen) atoms. The SMILES string of the molecule is COCCn1ccc2c(Cl)ncnc21. The van der Waals surface area contributed by atoms with E-state index >= 15 is 0 Å². The van der Waals surface area contributed by atoms with E-state index in [0.29, 0.717) is 11.8 Å². The van der Waals surface area contributed by atoms with Crippen LogP contribution in [0.15, 0.2) is 18.6 Å². The molecular weight excluding hydrogens is 202 g/mol. The fourth-order valence-electron chi connectivity index (χ4n) is 1.34. The summed E-state index contributed by atoms with van der Waals surface area (Å²) in [5.41, 5.74) is 0.849. The maximum absolute atomic E-state index is 5.91. The van der Waals surface area contributed by atoms with Crippen LogP contribution in [0.2, 0.25) is 5.15 Å². The van der Waals surface area contributed by atoms with Crippen LogP contribution in [-0.4, -0.2) is 28.3 Å². The molecule has 0 amide bonds. The number of fused-ring (bicyclic) bond motifs is 1. The highest BCUT2D eigenvalue weighted by Crippen LogP contribution is 2.19. The van der Waals surface area contributed by atoms with E-state index in [2.05, 4.69) is 9.97 Å². The zero-order valence-electron chi connectivity index (χ0n) is 7.77. The van der Waals surface area contributed by atoms with E-state index in [4.69, 9.17) is 16.3 Å². The molecule has 2 heterocycles. The third-order valence-electron chi connectivity index (χ3n) is 2.04. The van der Waals surface area contributed by atoms with E-state index in [1.165, 1.54) is 6.33 Å². The van der Waals surface area contributed by atoms with Crippen LogP contribution in [-0.2, 0) is 11.3 Å².